The standard InChI is InChI=1S/C15H15F3N2/c1-2-19(13-9-5-3-6-10-13)20(15(16,17)18)14-11-7-4-8-12-14/h3-12H,2H2,1H3. The van der Waals surface area contributed by atoms with Crippen molar-refractivity contribution in [2.75, 3.05) is 16.6 Å². The highest BCUT2D eigenvalue weighted by molar-refractivity contribution is 5.58. The van der Waals surface area contributed by atoms with Crippen LogP contribution in [0.4, 0.5) is 24.5 Å². The van der Waals surface area contributed by atoms with Crippen LogP contribution in [0.3, 0.4) is 0 Å². The Morgan fingerprint density at radius 3 is 1.65 bits per heavy atom. The second-order valence-corrected chi connectivity index (χ2v) is 4.17. The molecule has 0 amide bonds. The number of halogens is 3. The summed E-state index contributed by atoms with van der Waals surface area (Å²) in [6, 6.07) is 16.3. The number of benzene rings is 2. The van der Waals surface area contributed by atoms with Crippen LogP contribution in [0.2, 0.25) is 0 Å². The van der Waals surface area contributed by atoms with Gasteiger partial charge < -0.3 is 0 Å². The lowest BCUT2D eigenvalue weighted by Gasteiger charge is -2.38. The fraction of sp³-hybridized carbons (Fsp3) is 0.200. The molecule has 5 heteroatoms. The molecule has 0 saturated heterocycles. The summed E-state index contributed by atoms with van der Waals surface area (Å²) in [5.74, 6) is 0. The maximum absolute atomic E-state index is 13.4. The highest BCUT2D eigenvalue weighted by Gasteiger charge is 2.41. The van der Waals surface area contributed by atoms with E-state index in [1.807, 2.05) is 0 Å². The molecule has 0 N–H and O–H groups in total. The molecule has 0 aliphatic heterocycles. The van der Waals surface area contributed by atoms with E-state index in [9.17, 15) is 13.2 Å². The smallest absolute Gasteiger partial charge is 0.278 e. The normalized spacial score (nSPS) is 11.2. The number of para-hydroxylation sites is 2. The van der Waals surface area contributed by atoms with Crippen LogP contribution in [0, 0.1) is 0 Å². The van der Waals surface area contributed by atoms with Crippen molar-refractivity contribution in [3.63, 3.8) is 0 Å². The number of alkyl halides is 3. The first-order valence-electron chi connectivity index (χ1n) is 6.28. The van der Waals surface area contributed by atoms with Gasteiger partial charge in [0.15, 0.2) is 0 Å². The molecule has 2 rings (SSSR count). The molecule has 0 aromatic heterocycles. The second-order valence-electron chi connectivity index (χ2n) is 4.17. The van der Waals surface area contributed by atoms with Gasteiger partial charge in [-0.3, -0.25) is 5.01 Å². The third-order valence-corrected chi connectivity index (χ3v) is 2.84. The van der Waals surface area contributed by atoms with Crippen LogP contribution >= 0.6 is 0 Å². The minimum absolute atomic E-state index is 0.0886. The van der Waals surface area contributed by atoms with E-state index in [4.69, 9.17) is 0 Å². The Morgan fingerprint density at radius 2 is 1.25 bits per heavy atom. The Labute approximate surface area is 116 Å². The average molecular weight is 280 g/mol. The minimum atomic E-state index is -4.49. The molecular weight excluding hydrogens is 265 g/mol. The molecule has 106 valence electrons. The monoisotopic (exact) mass is 280 g/mol. The van der Waals surface area contributed by atoms with Crippen LogP contribution in [0.1, 0.15) is 6.92 Å². The fourth-order valence-corrected chi connectivity index (χ4v) is 2.03. The average Bonchev–Trinajstić information content (AvgIpc) is 2.45. The summed E-state index contributed by atoms with van der Waals surface area (Å²) in [4.78, 5) is 0. The summed E-state index contributed by atoms with van der Waals surface area (Å²) in [6.45, 7) is 1.90. The van der Waals surface area contributed by atoms with Crippen LogP contribution in [-0.2, 0) is 0 Å². The highest BCUT2D eigenvalue weighted by Crippen LogP contribution is 2.32. The van der Waals surface area contributed by atoms with Crippen molar-refractivity contribution in [1.82, 2.24) is 0 Å². The van der Waals surface area contributed by atoms with Gasteiger partial charge in [0.05, 0.1) is 11.4 Å². The van der Waals surface area contributed by atoms with E-state index in [1.54, 1.807) is 55.5 Å². The maximum atomic E-state index is 13.4. The van der Waals surface area contributed by atoms with E-state index >= 15 is 0 Å². The van der Waals surface area contributed by atoms with Crippen molar-refractivity contribution >= 4 is 11.4 Å². The lowest BCUT2D eigenvalue weighted by molar-refractivity contribution is -0.130. The van der Waals surface area contributed by atoms with E-state index in [0.29, 0.717) is 10.7 Å². The van der Waals surface area contributed by atoms with Gasteiger partial charge in [0, 0.05) is 6.54 Å². The first-order chi connectivity index (χ1) is 9.54. The predicted molar refractivity (Wildman–Crippen MR) is 74.4 cm³/mol. The molecule has 0 bridgehead atoms. The zero-order valence-corrected chi connectivity index (χ0v) is 11.0. The Morgan fingerprint density at radius 1 is 0.800 bits per heavy atom. The van der Waals surface area contributed by atoms with Crippen LogP contribution < -0.4 is 10.0 Å². The Bertz CT molecular complexity index is 526. The molecule has 0 heterocycles. The summed E-state index contributed by atoms with van der Waals surface area (Å²) in [5.41, 5.74) is 0.585. The van der Waals surface area contributed by atoms with Gasteiger partial charge in [0.2, 0.25) is 0 Å². The van der Waals surface area contributed by atoms with Crippen LogP contribution in [0.15, 0.2) is 60.7 Å². The Kier molecular flexibility index (Phi) is 4.17. The highest BCUT2D eigenvalue weighted by atomic mass is 19.4. The van der Waals surface area contributed by atoms with Gasteiger partial charge in [-0.1, -0.05) is 36.4 Å². The molecular formula is C15H15F3N2. The van der Waals surface area contributed by atoms with E-state index in [0.717, 1.165) is 0 Å². The molecule has 2 aromatic rings. The van der Waals surface area contributed by atoms with Gasteiger partial charge >= 0.3 is 6.30 Å². The molecule has 0 radical (unpaired) electrons. The number of hydrogen-bond acceptors (Lipinski definition) is 2. The van der Waals surface area contributed by atoms with Crippen LogP contribution in [0.25, 0.3) is 0 Å². The van der Waals surface area contributed by atoms with Crippen molar-refractivity contribution < 1.29 is 13.2 Å². The van der Waals surface area contributed by atoms with E-state index in [2.05, 4.69) is 0 Å². The summed E-state index contributed by atoms with van der Waals surface area (Å²) in [5, 5.41) is 1.57. The molecule has 0 fully saturated rings. The second kappa shape index (κ2) is 5.86. The zero-order valence-electron chi connectivity index (χ0n) is 11.0. The lowest BCUT2D eigenvalue weighted by atomic mass is 10.3. The van der Waals surface area contributed by atoms with Crippen molar-refractivity contribution in [3.8, 4) is 0 Å². The van der Waals surface area contributed by atoms with Crippen molar-refractivity contribution in [2.24, 2.45) is 0 Å². The summed E-state index contributed by atoms with van der Waals surface area (Å²) >= 11 is 0. The number of nitrogens with zero attached hydrogens (tertiary/aromatic N) is 2. The molecule has 0 atom stereocenters. The number of rotatable bonds is 4. The summed E-state index contributed by atoms with van der Waals surface area (Å²) in [6.07, 6.45) is -4.49. The van der Waals surface area contributed by atoms with E-state index < -0.39 is 6.30 Å². The van der Waals surface area contributed by atoms with E-state index in [-0.39, 0.29) is 12.2 Å². The first kappa shape index (κ1) is 14.2. The van der Waals surface area contributed by atoms with Crippen molar-refractivity contribution in [2.45, 2.75) is 13.2 Å². The molecule has 0 unspecified atom stereocenters. The number of anilines is 2. The first-order valence-corrected chi connectivity index (χ1v) is 6.28. The molecule has 0 aliphatic carbocycles. The summed E-state index contributed by atoms with van der Waals surface area (Å²) < 4.78 is 40.2. The van der Waals surface area contributed by atoms with Gasteiger partial charge in [-0.15, -0.1) is 13.2 Å². The number of hydrazine groups is 1. The predicted octanol–water partition coefficient (Wildman–Crippen LogP) is 4.45. The van der Waals surface area contributed by atoms with Gasteiger partial charge in [-0.2, -0.15) is 5.01 Å². The van der Waals surface area contributed by atoms with Gasteiger partial charge in [-0.25, -0.2) is 0 Å². The van der Waals surface area contributed by atoms with E-state index in [1.165, 1.54) is 17.1 Å². The third kappa shape index (κ3) is 3.04. The van der Waals surface area contributed by atoms with Gasteiger partial charge in [0.25, 0.3) is 0 Å². The van der Waals surface area contributed by atoms with Gasteiger partial charge in [-0.05, 0) is 31.2 Å². The topological polar surface area (TPSA) is 6.48 Å². The fourth-order valence-electron chi connectivity index (χ4n) is 2.03. The molecule has 0 aliphatic rings. The Balaban J connectivity index is 2.46. The third-order valence-electron chi connectivity index (χ3n) is 2.84. The van der Waals surface area contributed by atoms with Crippen molar-refractivity contribution in [1.29, 1.82) is 0 Å². The lowest BCUT2D eigenvalue weighted by Crippen LogP contribution is -2.51. The SMILES string of the molecule is CCN(c1ccccc1)N(c1ccccc1)C(F)(F)F. The number of hydrogen-bond donors (Lipinski definition) is 0. The Hall–Kier alpha value is -2.17. The van der Waals surface area contributed by atoms with Crippen molar-refractivity contribution in [3.05, 3.63) is 60.7 Å². The van der Waals surface area contributed by atoms with Gasteiger partial charge in [0.1, 0.15) is 0 Å². The molecule has 20 heavy (non-hydrogen) atoms. The zero-order chi connectivity index (χ0) is 14.6. The molecule has 2 nitrogen and oxygen atoms in total. The largest absolute Gasteiger partial charge is 0.503 e. The quantitative estimate of drug-likeness (QED) is 0.603. The molecule has 0 saturated carbocycles. The van der Waals surface area contributed by atoms with Crippen LogP contribution in [0.5, 0.6) is 0 Å². The summed E-state index contributed by atoms with van der Waals surface area (Å²) in [7, 11) is 0. The van der Waals surface area contributed by atoms with Crippen LogP contribution in [-0.4, -0.2) is 12.8 Å². The molecule has 2 aromatic carbocycles. The maximum Gasteiger partial charge on any atom is 0.503 e. The molecule has 0 spiro atoms. The minimum Gasteiger partial charge on any atom is -0.278 e.